The summed E-state index contributed by atoms with van der Waals surface area (Å²) < 4.78 is 4.82. The molecule has 0 saturated heterocycles. The summed E-state index contributed by atoms with van der Waals surface area (Å²) in [6.45, 7) is 1.10. The van der Waals surface area contributed by atoms with Gasteiger partial charge in [-0.15, -0.1) is 0 Å². The van der Waals surface area contributed by atoms with E-state index in [-0.39, 0.29) is 5.91 Å². The van der Waals surface area contributed by atoms with Gasteiger partial charge in [0.1, 0.15) is 0 Å². The quantitative estimate of drug-likeness (QED) is 0.690. The molecule has 76 valence electrons. The lowest BCUT2D eigenvalue weighted by Gasteiger charge is -2.03. The van der Waals surface area contributed by atoms with E-state index in [4.69, 9.17) is 4.74 Å². The molecule has 0 saturated carbocycles. The van der Waals surface area contributed by atoms with Crippen molar-refractivity contribution in [2.45, 2.75) is 6.42 Å². The number of ether oxygens (including phenoxy) is 1. The van der Waals surface area contributed by atoms with Gasteiger partial charge >= 0.3 is 0 Å². The number of nitrogens with one attached hydrogen (secondary N) is 1. The Morgan fingerprint density at radius 2 is 2.21 bits per heavy atom. The van der Waals surface area contributed by atoms with Crippen LogP contribution >= 0.6 is 0 Å². The molecule has 0 aliphatic rings. The molecule has 1 amide bonds. The van der Waals surface area contributed by atoms with Gasteiger partial charge in [-0.05, 0) is 17.7 Å². The fraction of sp³-hybridized carbons (Fsp3) is 0.400. The number of aromatic nitrogens is 1. The monoisotopic (exact) mass is 194 g/mol. The van der Waals surface area contributed by atoms with Crippen LogP contribution in [-0.2, 0) is 16.0 Å². The number of methoxy groups -OCH3 is 1. The van der Waals surface area contributed by atoms with Gasteiger partial charge in [-0.3, -0.25) is 9.78 Å². The standard InChI is InChI=1S/C10H14N2O2/c1-14-7-6-12-10(13)8-9-2-4-11-5-3-9/h2-5H,6-8H2,1H3,(H,12,13). The van der Waals surface area contributed by atoms with Crippen molar-refractivity contribution in [3.05, 3.63) is 30.1 Å². The van der Waals surface area contributed by atoms with Crippen LogP contribution in [0.3, 0.4) is 0 Å². The van der Waals surface area contributed by atoms with Crippen LogP contribution in [0.2, 0.25) is 0 Å². The zero-order valence-corrected chi connectivity index (χ0v) is 8.19. The molecular formula is C10H14N2O2. The lowest BCUT2D eigenvalue weighted by atomic mass is 10.2. The molecule has 0 atom stereocenters. The molecule has 0 bridgehead atoms. The first-order chi connectivity index (χ1) is 6.83. The van der Waals surface area contributed by atoms with E-state index in [2.05, 4.69) is 10.3 Å². The van der Waals surface area contributed by atoms with Crippen molar-refractivity contribution in [2.24, 2.45) is 0 Å². The zero-order valence-electron chi connectivity index (χ0n) is 8.19. The molecule has 1 rings (SSSR count). The first-order valence-corrected chi connectivity index (χ1v) is 4.47. The highest BCUT2D eigenvalue weighted by Gasteiger charge is 2.01. The van der Waals surface area contributed by atoms with Crippen LogP contribution in [0.5, 0.6) is 0 Å². The van der Waals surface area contributed by atoms with Crippen LogP contribution < -0.4 is 5.32 Å². The molecule has 0 aliphatic heterocycles. The van der Waals surface area contributed by atoms with Crippen LogP contribution in [0, 0.1) is 0 Å². The van der Waals surface area contributed by atoms with E-state index in [1.165, 1.54) is 0 Å². The van der Waals surface area contributed by atoms with Gasteiger partial charge in [0.15, 0.2) is 0 Å². The summed E-state index contributed by atoms with van der Waals surface area (Å²) in [5.41, 5.74) is 0.968. The summed E-state index contributed by atoms with van der Waals surface area (Å²) in [5, 5.41) is 2.75. The minimum Gasteiger partial charge on any atom is -0.383 e. The van der Waals surface area contributed by atoms with E-state index < -0.39 is 0 Å². The normalized spacial score (nSPS) is 9.79. The second kappa shape index (κ2) is 6.10. The summed E-state index contributed by atoms with van der Waals surface area (Å²) >= 11 is 0. The fourth-order valence-corrected chi connectivity index (χ4v) is 1.04. The maximum Gasteiger partial charge on any atom is 0.224 e. The number of nitrogens with zero attached hydrogens (tertiary/aromatic N) is 1. The van der Waals surface area contributed by atoms with Crippen molar-refractivity contribution < 1.29 is 9.53 Å². The van der Waals surface area contributed by atoms with E-state index in [9.17, 15) is 4.79 Å². The summed E-state index contributed by atoms with van der Waals surface area (Å²) in [5.74, 6) is 0.00764. The van der Waals surface area contributed by atoms with Crippen LogP contribution in [0.4, 0.5) is 0 Å². The van der Waals surface area contributed by atoms with Crippen molar-refractivity contribution in [3.8, 4) is 0 Å². The third-order valence-electron chi connectivity index (χ3n) is 1.74. The van der Waals surface area contributed by atoms with Crippen molar-refractivity contribution in [1.82, 2.24) is 10.3 Å². The molecule has 0 spiro atoms. The molecule has 1 aromatic rings. The fourth-order valence-electron chi connectivity index (χ4n) is 1.04. The molecule has 0 aliphatic carbocycles. The first kappa shape index (κ1) is 10.7. The van der Waals surface area contributed by atoms with Crippen molar-refractivity contribution >= 4 is 5.91 Å². The van der Waals surface area contributed by atoms with Gasteiger partial charge in [-0.1, -0.05) is 0 Å². The van der Waals surface area contributed by atoms with E-state index in [1.807, 2.05) is 12.1 Å². The Kier molecular flexibility index (Phi) is 4.64. The smallest absolute Gasteiger partial charge is 0.224 e. The number of pyridine rings is 1. The van der Waals surface area contributed by atoms with Crippen LogP contribution in [0.1, 0.15) is 5.56 Å². The van der Waals surface area contributed by atoms with Gasteiger partial charge in [-0.2, -0.15) is 0 Å². The molecule has 1 heterocycles. The minimum absolute atomic E-state index is 0.00764. The molecule has 0 fully saturated rings. The third kappa shape index (κ3) is 4.00. The van der Waals surface area contributed by atoms with Crippen molar-refractivity contribution in [2.75, 3.05) is 20.3 Å². The third-order valence-corrected chi connectivity index (χ3v) is 1.74. The number of carbonyl (C=O) groups is 1. The zero-order chi connectivity index (χ0) is 10.2. The Bertz CT molecular complexity index is 275. The molecule has 1 aromatic heterocycles. The Balaban J connectivity index is 2.27. The maximum absolute atomic E-state index is 11.3. The van der Waals surface area contributed by atoms with Gasteiger partial charge < -0.3 is 10.1 Å². The maximum atomic E-state index is 11.3. The molecule has 4 nitrogen and oxygen atoms in total. The Morgan fingerprint density at radius 3 is 2.86 bits per heavy atom. The highest BCUT2D eigenvalue weighted by molar-refractivity contribution is 5.78. The lowest BCUT2D eigenvalue weighted by molar-refractivity contribution is -0.120. The van der Waals surface area contributed by atoms with Crippen molar-refractivity contribution in [1.29, 1.82) is 0 Å². The highest BCUT2D eigenvalue weighted by atomic mass is 16.5. The number of rotatable bonds is 5. The second-order valence-corrected chi connectivity index (χ2v) is 2.87. The van der Waals surface area contributed by atoms with E-state index in [1.54, 1.807) is 19.5 Å². The Labute approximate surface area is 83.3 Å². The van der Waals surface area contributed by atoms with Crippen LogP contribution in [0.25, 0.3) is 0 Å². The van der Waals surface area contributed by atoms with Gasteiger partial charge in [0.2, 0.25) is 5.91 Å². The summed E-state index contributed by atoms with van der Waals surface area (Å²) in [7, 11) is 1.61. The molecule has 1 N–H and O–H groups in total. The minimum atomic E-state index is 0.00764. The predicted octanol–water partition coefficient (Wildman–Crippen LogP) is 0.387. The molecule has 0 aromatic carbocycles. The van der Waals surface area contributed by atoms with Gasteiger partial charge in [0.05, 0.1) is 13.0 Å². The average Bonchev–Trinajstić information content (AvgIpc) is 2.20. The largest absolute Gasteiger partial charge is 0.383 e. The lowest BCUT2D eigenvalue weighted by Crippen LogP contribution is -2.28. The van der Waals surface area contributed by atoms with E-state index in [0.29, 0.717) is 19.6 Å². The molecule has 0 radical (unpaired) electrons. The van der Waals surface area contributed by atoms with Crippen LogP contribution in [0.15, 0.2) is 24.5 Å². The van der Waals surface area contributed by atoms with Crippen molar-refractivity contribution in [3.63, 3.8) is 0 Å². The number of hydrogen-bond donors (Lipinski definition) is 1. The molecule has 14 heavy (non-hydrogen) atoms. The summed E-state index contributed by atoms with van der Waals surface area (Å²) in [6, 6.07) is 3.66. The SMILES string of the molecule is COCCNC(=O)Cc1ccncc1. The Morgan fingerprint density at radius 1 is 1.50 bits per heavy atom. The van der Waals surface area contributed by atoms with E-state index >= 15 is 0 Å². The summed E-state index contributed by atoms with van der Waals surface area (Å²) in [4.78, 5) is 15.2. The van der Waals surface area contributed by atoms with Gasteiger partial charge in [0.25, 0.3) is 0 Å². The summed E-state index contributed by atoms with van der Waals surface area (Å²) in [6.07, 6.45) is 3.75. The van der Waals surface area contributed by atoms with E-state index in [0.717, 1.165) is 5.56 Å². The predicted molar refractivity (Wildman–Crippen MR) is 52.8 cm³/mol. The van der Waals surface area contributed by atoms with Gasteiger partial charge in [-0.25, -0.2) is 0 Å². The topological polar surface area (TPSA) is 51.2 Å². The highest BCUT2D eigenvalue weighted by Crippen LogP contribution is 1.96. The van der Waals surface area contributed by atoms with Crippen LogP contribution in [-0.4, -0.2) is 31.2 Å². The molecule has 0 unspecified atom stereocenters. The second-order valence-electron chi connectivity index (χ2n) is 2.87. The number of carbonyl (C=O) groups excluding carboxylic acids is 1. The molecular weight excluding hydrogens is 180 g/mol. The number of amides is 1. The number of hydrogen-bond acceptors (Lipinski definition) is 3. The van der Waals surface area contributed by atoms with Gasteiger partial charge in [0, 0.05) is 26.0 Å². The average molecular weight is 194 g/mol. The Hall–Kier alpha value is -1.42. The molecule has 4 heteroatoms. The first-order valence-electron chi connectivity index (χ1n) is 4.47.